The number of carbonyl (C=O) groups excluding carboxylic acids is 1. The fourth-order valence-corrected chi connectivity index (χ4v) is 5.02. The molecule has 3 heteroatoms. The molecule has 1 unspecified atom stereocenters. The average molecular weight is 469 g/mol. The summed E-state index contributed by atoms with van der Waals surface area (Å²) in [6.45, 7) is 0. The molecule has 1 atom stereocenters. The molecule has 1 aliphatic heterocycles. The van der Waals surface area contributed by atoms with Crippen molar-refractivity contribution in [1.29, 1.82) is 0 Å². The van der Waals surface area contributed by atoms with Gasteiger partial charge in [-0.3, -0.25) is 4.79 Å². The van der Waals surface area contributed by atoms with Crippen molar-refractivity contribution in [3.8, 4) is 11.5 Å². The SMILES string of the molecule is COc1ccc(C2C(C(=O)c3ccccc3)=C(c3ccccc3)Oc3ccc4ccccc4c32)cc1. The van der Waals surface area contributed by atoms with E-state index in [2.05, 4.69) is 18.2 Å². The van der Waals surface area contributed by atoms with E-state index in [9.17, 15) is 4.79 Å². The van der Waals surface area contributed by atoms with Gasteiger partial charge < -0.3 is 9.47 Å². The van der Waals surface area contributed by atoms with E-state index in [4.69, 9.17) is 9.47 Å². The Balaban J connectivity index is 1.69. The number of allylic oxidation sites excluding steroid dienone is 1. The Morgan fingerprint density at radius 2 is 1.39 bits per heavy atom. The number of rotatable bonds is 5. The number of benzene rings is 5. The first-order valence-electron chi connectivity index (χ1n) is 12.0. The molecular weight excluding hydrogens is 444 g/mol. The summed E-state index contributed by atoms with van der Waals surface area (Å²) in [7, 11) is 1.66. The lowest BCUT2D eigenvalue weighted by Gasteiger charge is -2.32. The smallest absolute Gasteiger partial charge is 0.193 e. The second kappa shape index (κ2) is 9.20. The molecule has 0 spiro atoms. The lowest BCUT2D eigenvalue weighted by atomic mass is 9.76. The molecule has 0 bridgehead atoms. The molecule has 0 fully saturated rings. The van der Waals surface area contributed by atoms with Crippen LogP contribution in [0.25, 0.3) is 16.5 Å². The number of fused-ring (bicyclic) bond motifs is 3. The third kappa shape index (κ3) is 3.75. The zero-order valence-electron chi connectivity index (χ0n) is 19.8. The highest BCUT2D eigenvalue weighted by Crippen LogP contribution is 2.49. The fourth-order valence-electron chi connectivity index (χ4n) is 5.02. The summed E-state index contributed by atoms with van der Waals surface area (Å²) < 4.78 is 12.0. The molecule has 6 rings (SSSR count). The largest absolute Gasteiger partial charge is 0.497 e. The molecule has 0 amide bonds. The van der Waals surface area contributed by atoms with Gasteiger partial charge in [0, 0.05) is 22.6 Å². The van der Waals surface area contributed by atoms with E-state index in [0.29, 0.717) is 16.9 Å². The van der Waals surface area contributed by atoms with E-state index >= 15 is 0 Å². The molecule has 0 N–H and O–H groups in total. The van der Waals surface area contributed by atoms with Crippen LogP contribution >= 0.6 is 0 Å². The summed E-state index contributed by atoms with van der Waals surface area (Å²) in [5.74, 6) is 1.75. The van der Waals surface area contributed by atoms with Gasteiger partial charge >= 0.3 is 0 Å². The second-order valence-electron chi connectivity index (χ2n) is 8.81. The summed E-state index contributed by atoms with van der Waals surface area (Å²) in [5.41, 5.74) is 4.13. The summed E-state index contributed by atoms with van der Waals surface area (Å²) in [5, 5.41) is 2.18. The highest BCUT2D eigenvalue weighted by molar-refractivity contribution is 6.15. The molecule has 0 aliphatic carbocycles. The van der Waals surface area contributed by atoms with E-state index in [0.717, 1.165) is 39.0 Å². The molecule has 0 aromatic heterocycles. The van der Waals surface area contributed by atoms with Crippen molar-refractivity contribution in [1.82, 2.24) is 0 Å². The van der Waals surface area contributed by atoms with Crippen LogP contribution in [0, 0.1) is 0 Å². The number of ketones is 1. The molecule has 0 saturated heterocycles. The Labute approximate surface area is 210 Å². The lowest BCUT2D eigenvalue weighted by molar-refractivity contribution is 0.102. The fraction of sp³-hybridized carbons (Fsp3) is 0.0606. The van der Waals surface area contributed by atoms with Crippen molar-refractivity contribution in [2.75, 3.05) is 7.11 Å². The van der Waals surface area contributed by atoms with E-state index in [1.807, 2.05) is 103 Å². The topological polar surface area (TPSA) is 35.5 Å². The zero-order valence-corrected chi connectivity index (χ0v) is 19.8. The van der Waals surface area contributed by atoms with Gasteiger partial charge in [0.1, 0.15) is 17.3 Å². The van der Waals surface area contributed by atoms with E-state index in [1.165, 1.54) is 0 Å². The Bertz CT molecular complexity index is 1580. The second-order valence-corrected chi connectivity index (χ2v) is 8.81. The zero-order chi connectivity index (χ0) is 24.5. The number of hydrogen-bond acceptors (Lipinski definition) is 3. The molecule has 0 saturated carbocycles. The van der Waals surface area contributed by atoms with Gasteiger partial charge in [0.05, 0.1) is 12.7 Å². The maximum atomic E-state index is 14.3. The summed E-state index contributed by atoms with van der Waals surface area (Å²) >= 11 is 0. The van der Waals surface area contributed by atoms with Crippen LogP contribution < -0.4 is 9.47 Å². The molecule has 3 nitrogen and oxygen atoms in total. The number of Topliss-reactive ketones (excluding diaryl/α,β-unsaturated/α-hetero) is 1. The summed E-state index contributed by atoms with van der Waals surface area (Å²) in [6.07, 6.45) is 0. The standard InChI is InChI=1S/C33H24O3/c1-35-26-19-16-23(17-20-26)29-30-27-15-9-8-10-22(27)18-21-28(30)36-33(25-13-6-3-7-14-25)31(29)32(34)24-11-4-2-5-12-24/h2-21,29H,1H3. The van der Waals surface area contributed by atoms with Gasteiger partial charge in [0.25, 0.3) is 0 Å². The third-order valence-corrected chi connectivity index (χ3v) is 6.73. The maximum absolute atomic E-state index is 14.3. The quantitative estimate of drug-likeness (QED) is 0.248. The van der Waals surface area contributed by atoms with Crippen molar-refractivity contribution in [3.63, 3.8) is 0 Å². The summed E-state index contributed by atoms with van der Waals surface area (Å²) in [4.78, 5) is 14.3. The first-order valence-corrected chi connectivity index (χ1v) is 12.0. The number of carbonyl (C=O) groups is 1. The Hall–Kier alpha value is -4.63. The minimum Gasteiger partial charge on any atom is -0.497 e. The molecule has 0 radical (unpaired) electrons. The van der Waals surface area contributed by atoms with Crippen LogP contribution in [0.3, 0.4) is 0 Å². The minimum absolute atomic E-state index is 0.0474. The monoisotopic (exact) mass is 468 g/mol. The first kappa shape index (κ1) is 21.9. The first-order chi connectivity index (χ1) is 17.7. The molecule has 1 aliphatic rings. The normalized spacial score (nSPS) is 14.8. The van der Waals surface area contributed by atoms with Crippen LogP contribution in [0.5, 0.6) is 11.5 Å². The molecule has 174 valence electrons. The van der Waals surface area contributed by atoms with Gasteiger partial charge in [0.15, 0.2) is 5.78 Å². The highest BCUT2D eigenvalue weighted by atomic mass is 16.5. The van der Waals surface area contributed by atoms with Crippen molar-refractivity contribution >= 4 is 22.3 Å². The molecule has 5 aromatic carbocycles. The van der Waals surface area contributed by atoms with E-state index in [-0.39, 0.29) is 11.7 Å². The number of hydrogen-bond donors (Lipinski definition) is 0. The van der Waals surface area contributed by atoms with Crippen LogP contribution in [-0.4, -0.2) is 12.9 Å². The van der Waals surface area contributed by atoms with E-state index < -0.39 is 0 Å². The Kier molecular flexibility index (Phi) is 5.59. The van der Waals surface area contributed by atoms with Gasteiger partial charge in [-0.2, -0.15) is 0 Å². The van der Waals surface area contributed by atoms with Gasteiger partial charge in [-0.25, -0.2) is 0 Å². The van der Waals surface area contributed by atoms with Gasteiger partial charge in [-0.15, -0.1) is 0 Å². The molecular formula is C33H24O3. The average Bonchev–Trinajstić information content (AvgIpc) is 2.96. The molecule has 1 heterocycles. The van der Waals surface area contributed by atoms with Crippen LogP contribution in [0.1, 0.15) is 33.0 Å². The van der Waals surface area contributed by atoms with Crippen molar-refractivity contribution in [3.05, 3.63) is 149 Å². The minimum atomic E-state index is -0.325. The molecule has 36 heavy (non-hydrogen) atoms. The van der Waals surface area contributed by atoms with Crippen molar-refractivity contribution in [2.45, 2.75) is 5.92 Å². The van der Waals surface area contributed by atoms with Gasteiger partial charge in [-0.05, 0) is 34.5 Å². The Morgan fingerprint density at radius 3 is 2.11 bits per heavy atom. The highest BCUT2D eigenvalue weighted by Gasteiger charge is 2.37. The van der Waals surface area contributed by atoms with E-state index in [1.54, 1.807) is 7.11 Å². The number of ether oxygens (including phenoxy) is 2. The van der Waals surface area contributed by atoms with Gasteiger partial charge in [-0.1, -0.05) is 103 Å². The van der Waals surface area contributed by atoms with Crippen LogP contribution in [0.2, 0.25) is 0 Å². The third-order valence-electron chi connectivity index (χ3n) is 6.73. The maximum Gasteiger partial charge on any atom is 0.193 e. The van der Waals surface area contributed by atoms with Crippen LogP contribution in [0.15, 0.2) is 127 Å². The van der Waals surface area contributed by atoms with Crippen LogP contribution in [-0.2, 0) is 0 Å². The van der Waals surface area contributed by atoms with Crippen molar-refractivity contribution < 1.29 is 14.3 Å². The predicted octanol–water partition coefficient (Wildman–Crippen LogP) is 7.67. The Morgan fingerprint density at radius 1 is 0.722 bits per heavy atom. The predicted molar refractivity (Wildman–Crippen MR) is 144 cm³/mol. The van der Waals surface area contributed by atoms with Gasteiger partial charge in [0.2, 0.25) is 0 Å². The van der Waals surface area contributed by atoms with Crippen LogP contribution in [0.4, 0.5) is 0 Å². The summed E-state index contributed by atoms with van der Waals surface area (Å²) in [6, 6.07) is 39.6. The lowest BCUT2D eigenvalue weighted by Crippen LogP contribution is -2.22. The molecule has 5 aromatic rings. The number of methoxy groups -OCH3 is 1. The van der Waals surface area contributed by atoms with Crippen molar-refractivity contribution in [2.24, 2.45) is 0 Å².